The van der Waals surface area contributed by atoms with Crippen molar-refractivity contribution in [1.29, 1.82) is 0 Å². The maximum absolute atomic E-state index is 12.3. The molecule has 1 heterocycles. The molecule has 1 unspecified atom stereocenters. The first-order chi connectivity index (χ1) is 9.59. The zero-order valence-electron chi connectivity index (χ0n) is 12.0. The van der Waals surface area contributed by atoms with E-state index in [0.29, 0.717) is 23.6 Å². The Kier molecular flexibility index (Phi) is 4.62. The average molecular weight is 278 g/mol. The van der Waals surface area contributed by atoms with Crippen molar-refractivity contribution >= 4 is 11.6 Å². The van der Waals surface area contributed by atoms with Crippen molar-refractivity contribution in [3.05, 3.63) is 23.8 Å². The van der Waals surface area contributed by atoms with Crippen molar-refractivity contribution in [3.8, 4) is 5.75 Å². The van der Waals surface area contributed by atoms with Crippen LogP contribution in [0.4, 0.5) is 5.69 Å². The number of nitrogens with one attached hydrogen (secondary N) is 2. The maximum atomic E-state index is 12.3. The molecular formula is C15H22N2O3. The SMILES string of the molecule is CCOc1ccc(NC(=O)C2(C)CCCN2)cc1CO. The van der Waals surface area contributed by atoms with Crippen molar-refractivity contribution in [2.24, 2.45) is 0 Å². The minimum absolute atomic E-state index is 0.0388. The lowest BCUT2D eigenvalue weighted by molar-refractivity contribution is -0.121. The predicted molar refractivity (Wildman–Crippen MR) is 77.8 cm³/mol. The van der Waals surface area contributed by atoms with E-state index in [9.17, 15) is 9.90 Å². The second-order valence-electron chi connectivity index (χ2n) is 5.23. The van der Waals surface area contributed by atoms with Crippen molar-refractivity contribution in [2.45, 2.75) is 38.8 Å². The zero-order chi connectivity index (χ0) is 14.6. The Hall–Kier alpha value is -1.59. The van der Waals surface area contributed by atoms with E-state index in [1.165, 1.54) is 0 Å². The van der Waals surface area contributed by atoms with Gasteiger partial charge in [0, 0.05) is 11.3 Å². The quantitative estimate of drug-likeness (QED) is 0.766. The molecule has 0 aromatic heterocycles. The van der Waals surface area contributed by atoms with Crippen LogP contribution in [0.3, 0.4) is 0 Å². The normalized spacial score (nSPS) is 21.8. The second-order valence-corrected chi connectivity index (χ2v) is 5.23. The number of hydrogen-bond acceptors (Lipinski definition) is 4. The van der Waals surface area contributed by atoms with Gasteiger partial charge >= 0.3 is 0 Å². The van der Waals surface area contributed by atoms with Crippen LogP contribution in [0.15, 0.2) is 18.2 Å². The maximum Gasteiger partial charge on any atom is 0.244 e. The molecule has 1 aliphatic heterocycles. The summed E-state index contributed by atoms with van der Waals surface area (Å²) >= 11 is 0. The lowest BCUT2D eigenvalue weighted by Gasteiger charge is -2.23. The van der Waals surface area contributed by atoms with Gasteiger partial charge in [0.15, 0.2) is 0 Å². The molecule has 1 aromatic rings. The van der Waals surface area contributed by atoms with Crippen LogP contribution in [0, 0.1) is 0 Å². The molecule has 5 nitrogen and oxygen atoms in total. The van der Waals surface area contributed by atoms with Crippen molar-refractivity contribution in [1.82, 2.24) is 5.32 Å². The highest BCUT2D eigenvalue weighted by Gasteiger charge is 2.35. The molecule has 0 spiro atoms. The van der Waals surface area contributed by atoms with Crippen LogP contribution in [-0.4, -0.2) is 29.7 Å². The Balaban J connectivity index is 2.11. The Bertz CT molecular complexity index is 482. The van der Waals surface area contributed by atoms with Crippen LogP contribution in [0.1, 0.15) is 32.3 Å². The van der Waals surface area contributed by atoms with E-state index in [4.69, 9.17) is 4.74 Å². The third-order valence-corrected chi connectivity index (χ3v) is 3.66. The summed E-state index contributed by atoms with van der Waals surface area (Å²) in [6.07, 6.45) is 1.85. The van der Waals surface area contributed by atoms with Gasteiger partial charge in [-0.15, -0.1) is 0 Å². The van der Waals surface area contributed by atoms with Crippen LogP contribution in [-0.2, 0) is 11.4 Å². The smallest absolute Gasteiger partial charge is 0.244 e. The molecule has 1 saturated heterocycles. The van der Waals surface area contributed by atoms with Crippen LogP contribution >= 0.6 is 0 Å². The van der Waals surface area contributed by atoms with E-state index in [1.54, 1.807) is 18.2 Å². The summed E-state index contributed by atoms with van der Waals surface area (Å²) in [4.78, 5) is 12.3. The zero-order valence-corrected chi connectivity index (χ0v) is 12.0. The number of aliphatic hydroxyl groups excluding tert-OH is 1. The number of carbonyl (C=O) groups is 1. The third kappa shape index (κ3) is 3.11. The Morgan fingerprint density at radius 1 is 1.55 bits per heavy atom. The number of aliphatic hydroxyl groups is 1. The van der Waals surface area contributed by atoms with E-state index in [1.807, 2.05) is 13.8 Å². The van der Waals surface area contributed by atoms with E-state index in [-0.39, 0.29) is 12.5 Å². The molecule has 1 atom stereocenters. The van der Waals surface area contributed by atoms with Crippen LogP contribution in [0.5, 0.6) is 5.75 Å². The van der Waals surface area contributed by atoms with E-state index in [0.717, 1.165) is 19.4 Å². The molecule has 0 aliphatic carbocycles. The number of amides is 1. The van der Waals surface area contributed by atoms with Gasteiger partial charge in [-0.1, -0.05) is 0 Å². The molecule has 0 saturated carbocycles. The van der Waals surface area contributed by atoms with E-state index in [2.05, 4.69) is 10.6 Å². The number of hydrogen-bond donors (Lipinski definition) is 3. The van der Waals surface area contributed by atoms with Crippen molar-refractivity contribution < 1.29 is 14.6 Å². The predicted octanol–water partition coefficient (Wildman–Crippen LogP) is 1.66. The monoisotopic (exact) mass is 278 g/mol. The number of rotatable bonds is 5. The lowest BCUT2D eigenvalue weighted by atomic mass is 9.99. The highest BCUT2D eigenvalue weighted by atomic mass is 16.5. The number of carbonyl (C=O) groups excluding carboxylic acids is 1. The first-order valence-electron chi connectivity index (χ1n) is 7.02. The summed E-state index contributed by atoms with van der Waals surface area (Å²) in [5.74, 6) is 0.612. The van der Waals surface area contributed by atoms with Gasteiger partial charge in [0.2, 0.25) is 5.91 Å². The molecule has 0 radical (unpaired) electrons. The van der Waals surface area contributed by atoms with Gasteiger partial charge in [0.25, 0.3) is 0 Å². The van der Waals surface area contributed by atoms with Crippen molar-refractivity contribution in [3.63, 3.8) is 0 Å². The minimum atomic E-state index is -0.502. The summed E-state index contributed by atoms with van der Waals surface area (Å²) in [6, 6.07) is 5.32. The first-order valence-corrected chi connectivity index (χ1v) is 7.02. The van der Waals surface area contributed by atoms with Gasteiger partial charge in [-0.05, 0) is 51.4 Å². The molecule has 1 aromatic carbocycles. The standard InChI is InChI=1S/C15H22N2O3/c1-3-20-13-6-5-12(9-11(13)10-18)17-14(19)15(2)7-4-8-16-15/h5-6,9,16,18H,3-4,7-8,10H2,1-2H3,(H,17,19). The highest BCUT2D eigenvalue weighted by molar-refractivity contribution is 5.98. The van der Waals surface area contributed by atoms with E-state index < -0.39 is 5.54 Å². The van der Waals surface area contributed by atoms with E-state index >= 15 is 0 Å². The van der Waals surface area contributed by atoms with Gasteiger partial charge in [-0.2, -0.15) is 0 Å². The van der Waals surface area contributed by atoms with Gasteiger partial charge in [-0.25, -0.2) is 0 Å². The van der Waals surface area contributed by atoms with Crippen LogP contribution in [0.2, 0.25) is 0 Å². The molecule has 0 bridgehead atoms. The average Bonchev–Trinajstić information content (AvgIpc) is 2.89. The number of benzene rings is 1. The molecule has 3 N–H and O–H groups in total. The summed E-state index contributed by atoms with van der Waals surface area (Å²) in [5, 5.41) is 15.5. The minimum Gasteiger partial charge on any atom is -0.494 e. The van der Waals surface area contributed by atoms with Gasteiger partial charge in [0.05, 0.1) is 18.8 Å². The molecule has 1 amide bonds. The first kappa shape index (κ1) is 14.8. The largest absolute Gasteiger partial charge is 0.494 e. The topological polar surface area (TPSA) is 70.6 Å². The summed E-state index contributed by atoms with van der Waals surface area (Å²) in [5.41, 5.74) is 0.851. The Morgan fingerprint density at radius 3 is 2.95 bits per heavy atom. The van der Waals surface area contributed by atoms with Crippen LogP contribution < -0.4 is 15.4 Å². The van der Waals surface area contributed by atoms with Gasteiger partial charge in [-0.3, -0.25) is 4.79 Å². The van der Waals surface area contributed by atoms with Gasteiger partial charge < -0.3 is 20.5 Å². The molecule has 2 rings (SSSR count). The third-order valence-electron chi connectivity index (χ3n) is 3.66. The number of anilines is 1. The number of ether oxygens (including phenoxy) is 1. The molecule has 1 fully saturated rings. The Morgan fingerprint density at radius 2 is 2.35 bits per heavy atom. The van der Waals surface area contributed by atoms with Crippen molar-refractivity contribution in [2.75, 3.05) is 18.5 Å². The molecule has 20 heavy (non-hydrogen) atoms. The fraction of sp³-hybridized carbons (Fsp3) is 0.533. The molecule has 1 aliphatic rings. The molecule has 5 heteroatoms. The highest BCUT2D eigenvalue weighted by Crippen LogP contribution is 2.25. The van der Waals surface area contributed by atoms with Crippen LogP contribution in [0.25, 0.3) is 0 Å². The van der Waals surface area contributed by atoms with Gasteiger partial charge in [0.1, 0.15) is 5.75 Å². The second kappa shape index (κ2) is 6.24. The summed E-state index contributed by atoms with van der Waals surface area (Å²) in [7, 11) is 0. The fourth-order valence-corrected chi connectivity index (χ4v) is 2.43. The fourth-order valence-electron chi connectivity index (χ4n) is 2.43. The summed E-state index contributed by atoms with van der Waals surface area (Å²) in [6.45, 7) is 5.10. The molecular weight excluding hydrogens is 256 g/mol. The molecule has 110 valence electrons. The lowest BCUT2D eigenvalue weighted by Crippen LogP contribution is -2.47. The Labute approximate surface area is 119 Å². The summed E-state index contributed by atoms with van der Waals surface area (Å²) < 4.78 is 5.42.